The summed E-state index contributed by atoms with van der Waals surface area (Å²) < 4.78 is 13.0. The van der Waals surface area contributed by atoms with Gasteiger partial charge < -0.3 is 0 Å². The molecule has 1 aliphatic carbocycles. The Hall–Kier alpha value is -1.71. The van der Waals surface area contributed by atoms with Gasteiger partial charge in [-0.05, 0) is 37.0 Å². The fourth-order valence-corrected chi connectivity index (χ4v) is 1.90. The number of nitrogens with zero attached hydrogens (tertiary/aromatic N) is 2. The molecular weight excluding hydrogens is 207 g/mol. The summed E-state index contributed by atoms with van der Waals surface area (Å²) in [5, 5.41) is 5.59. The van der Waals surface area contributed by atoms with E-state index in [9.17, 15) is 9.18 Å². The Morgan fingerprint density at radius 3 is 2.88 bits per heavy atom. The van der Waals surface area contributed by atoms with Crippen LogP contribution >= 0.6 is 0 Å². The van der Waals surface area contributed by atoms with Crippen molar-refractivity contribution in [2.24, 2.45) is 11.0 Å². The fraction of sp³-hybridized carbons (Fsp3) is 0.333. The lowest BCUT2D eigenvalue weighted by molar-refractivity contribution is -0.116. The molecule has 3 nitrogen and oxygen atoms in total. The third-order valence-electron chi connectivity index (χ3n) is 2.90. The van der Waals surface area contributed by atoms with Gasteiger partial charge in [0.1, 0.15) is 5.82 Å². The molecular formula is C12H11FN2O. The average Bonchev–Trinajstić information content (AvgIpc) is 3.02. The highest BCUT2D eigenvalue weighted by atomic mass is 19.1. The van der Waals surface area contributed by atoms with E-state index in [2.05, 4.69) is 5.10 Å². The zero-order valence-corrected chi connectivity index (χ0v) is 8.69. The van der Waals surface area contributed by atoms with Gasteiger partial charge in [-0.25, -0.2) is 9.40 Å². The molecule has 0 bridgehead atoms. The molecule has 1 amide bonds. The molecule has 3 rings (SSSR count). The lowest BCUT2D eigenvalue weighted by Crippen LogP contribution is -2.19. The number of rotatable bonds is 2. The number of hydrazone groups is 1. The van der Waals surface area contributed by atoms with Gasteiger partial charge in [0.05, 0.1) is 17.8 Å². The molecule has 1 aromatic carbocycles. The second-order valence-electron chi connectivity index (χ2n) is 4.23. The molecule has 0 N–H and O–H groups in total. The Kier molecular flexibility index (Phi) is 2.02. The molecule has 1 saturated carbocycles. The normalized spacial score (nSPS) is 20.2. The first kappa shape index (κ1) is 9.51. The number of hydrogen-bond acceptors (Lipinski definition) is 2. The molecule has 1 fully saturated rings. The number of carbonyl (C=O) groups excluding carboxylic acids is 1. The molecule has 2 aliphatic rings. The molecule has 1 aliphatic heterocycles. The lowest BCUT2D eigenvalue weighted by Gasteiger charge is -2.10. The Balaban J connectivity index is 1.91. The summed E-state index contributed by atoms with van der Waals surface area (Å²) in [7, 11) is 0. The SMILES string of the molecule is O=C1CC(C2CC2)=NN1c1cccc(F)c1. The number of hydrogen-bond donors (Lipinski definition) is 0. The summed E-state index contributed by atoms with van der Waals surface area (Å²) in [6.45, 7) is 0. The Morgan fingerprint density at radius 2 is 2.19 bits per heavy atom. The third-order valence-corrected chi connectivity index (χ3v) is 2.90. The van der Waals surface area contributed by atoms with Crippen molar-refractivity contribution in [3.8, 4) is 0 Å². The van der Waals surface area contributed by atoms with Crippen LogP contribution in [0.4, 0.5) is 10.1 Å². The molecule has 0 spiro atoms. The maximum absolute atomic E-state index is 13.0. The number of benzene rings is 1. The number of amides is 1. The quantitative estimate of drug-likeness (QED) is 0.749. The molecule has 1 aromatic rings. The lowest BCUT2D eigenvalue weighted by atomic mass is 10.2. The van der Waals surface area contributed by atoms with Crippen molar-refractivity contribution < 1.29 is 9.18 Å². The second kappa shape index (κ2) is 3.40. The van der Waals surface area contributed by atoms with Crippen LogP contribution in [0, 0.1) is 11.7 Å². The van der Waals surface area contributed by atoms with E-state index in [1.54, 1.807) is 12.1 Å². The van der Waals surface area contributed by atoms with Crippen LogP contribution in [0.2, 0.25) is 0 Å². The predicted octanol–water partition coefficient (Wildman–Crippen LogP) is 2.33. The Labute approximate surface area is 92.6 Å². The first-order chi connectivity index (χ1) is 7.74. The first-order valence-corrected chi connectivity index (χ1v) is 5.40. The second-order valence-corrected chi connectivity index (χ2v) is 4.23. The van der Waals surface area contributed by atoms with Crippen LogP contribution in [0.3, 0.4) is 0 Å². The molecule has 0 unspecified atom stereocenters. The van der Waals surface area contributed by atoms with Gasteiger partial charge in [0.2, 0.25) is 0 Å². The highest BCUT2D eigenvalue weighted by Crippen LogP contribution is 2.35. The fourth-order valence-electron chi connectivity index (χ4n) is 1.90. The van der Waals surface area contributed by atoms with E-state index in [4.69, 9.17) is 0 Å². The van der Waals surface area contributed by atoms with Crippen LogP contribution in [-0.2, 0) is 4.79 Å². The zero-order valence-electron chi connectivity index (χ0n) is 8.69. The van der Waals surface area contributed by atoms with Gasteiger partial charge in [0.15, 0.2) is 0 Å². The van der Waals surface area contributed by atoms with Crippen molar-refractivity contribution in [1.82, 2.24) is 0 Å². The van der Waals surface area contributed by atoms with E-state index in [0.717, 1.165) is 18.6 Å². The molecule has 0 atom stereocenters. The maximum Gasteiger partial charge on any atom is 0.253 e. The van der Waals surface area contributed by atoms with Gasteiger partial charge in [0, 0.05) is 0 Å². The van der Waals surface area contributed by atoms with Crippen molar-refractivity contribution in [2.45, 2.75) is 19.3 Å². The summed E-state index contributed by atoms with van der Waals surface area (Å²) in [5.74, 6) is 0.0791. The molecule has 82 valence electrons. The van der Waals surface area contributed by atoms with E-state index >= 15 is 0 Å². The number of halogens is 1. The van der Waals surface area contributed by atoms with Gasteiger partial charge in [-0.15, -0.1) is 0 Å². The van der Waals surface area contributed by atoms with Crippen LogP contribution in [0.25, 0.3) is 0 Å². The first-order valence-electron chi connectivity index (χ1n) is 5.40. The minimum atomic E-state index is -0.347. The van der Waals surface area contributed by atoms with E-state index in [-0.39, 0.29) is 11.7 Å². The van der Waals surface area contributed by atoms with E-state index < -0.39 is 0 Å². The van der Waals surface area contributed by atoms with Crippen LogP contribution in [0.5, 0.6) is 0 Å². The highest BCUT2D eigenvalue weighted by Gasteiger charge is 2.35. The summed E-state index contributed by atoms with van der Waals surface area (Å²) in [6, 6.07) is 5.97. The van der Waals surface area contributed by atoms with Gasteiger partial charge >= 0.3 is 0 Å². The summed E-state index contributed by atoms with van der Waals surface area (Å²) in [6.07, 6.45) is 2.65. The maximum atomic E-state index is 13.0. The molecule has 16 heavy (non-hydrogen) atoms. The monoisotopic (exact) mass is 218 g/mol. The van der Waals surface area contributed by atoms with Crippen LogP contribution in [0.1, 0.15) is 19.3 Å². The van der Waals surface area contributed by atoms with E-state index in [1.807, 2.05) is 0 Å². The van der Waals surface area contributed by atoms with E-state index in [0.29, 0.717) is 18.0 Å². The average molecular weight is 218 g/mol. The van der Waals surface area contributed by atoms with E-state index in [1.165, 1.54) is 17.1 Å². The van der Waals surface area contributed by atoms with Gasteiger partial charge in [-0.2, -0.15) is 5.10 Å². The van der Waals surface area contributed by atoms with Gasteiger partial charge in [0.25, 0.3) is 5.91 Å². The van der Waals surface area contributed by atoms with Crippen molar-refractivity contribution >= 4 is 17.3 Å². The topological polar surface area (TPSA) is 32.7 Å². The van der Waals surface area contributed by atoms with Crippen LogP contribution in [0.15, 0.2) is 29.4 Å². The molecule has 1 heterocycles. The summed E-state index contributed by atoms with van der Waals surface area (Å²) in [4.78, 5) is 11.7. The predicted molar refractivity (Wildman–Crippen MR) is 58.7 cm³/mol. The summed E-state index contributed by atoms with van der Waals surface area (Å²) >= 11 is 0. The van der Waals surface area contributed by atoms with Crippen molar-refractivity contribution in [2.75, 3.05) is 5.01 Å². The molecule has 4 heteroatoms. The molecule has 0 radical (unpaired) electrons. The minimum absolute atomic E-state index is 0.0625. The highest BCUT2D eigenvalue weighted by molar-refractivity contribution is 6.14. The van der Waals surface area contributed by atoms with Crippen molar-refractivity contribution in [3.63, 3.8) is 0 Å². The standard InChI is InChI=1S/C12H11FN2O/c13-9-2-1-3-10(6-9)15-12(16)7-11(14-15)8-4-5-8/h1-3,6,8H,4-5,7H2. The van der Waals surface area contributed by atoms with Gasteiger partial charge in [-0.1, -0.05) is 6.07 Å². The largest absolute Gasteiger partial charge is 0.272 e. The smallest absolute Gasteiger partial charge is 0.253 e. The van der Waals surface area contributed by atoms with Crippen molar-refractivity contribution in [3.05, 3.63) is 30.1 Å². The zero-order chi connectivity index (χ0) is 11.1. The molecule has 0 saturated heterocycles. The Bertz CT molecular complexity index is 480. The van der Waals surface area contributed by atoms with Crippen LogP contribution in [-0.4, -0.2) is 11.6 Å². The minimum Gasteiger partial charge on any atom is -0.272 e. The number of anilines is 1. The van der Waals surface area contributed by atoms with Gasteiger partial charge in [-0.3, -0.25) is 4.79 Å². The van der Waals surface area contributed by atoms with Crippen molar-refractivity contribution in [1.29, 1.82) is 0 Å². The van der Waals surface area contributed by atoms with Crippen LogP contribution < -0.4 is 5.01 Å². The molecule has 0 aromatic heterocycles. The third kappa shape index (κ3) is 1.60. The number of carbonyl (C=O) groups is 1. The Morgan fingerprint density at radius 1 is 1.38 bits per heavy atom. The summed E-state index contributed by atoms with van der Waals surface area (Å²) in [5.41, 5.74) is 1.47.